The van der Waals surface area contributed by atoms with Crippen molar-refractivity contribution in [3.05, 3.63) is 81.3 Å². The van der Waals surface area contributed by atoms with E-state index in [9.17, 15) is 31.5 Å². The lowest BCUT2D eigenvalue weighted by molar-refractivity contribution is -0.137. The molecule has 1 N–H and O–H groups in total. The third-order valence-electron chi connectivity index (χ3n) is 4.79. The molecule has 0 spiro atoms. The fourth-order valence-corrected chi connectivity index (χ4v) is 3.01. The van der Waals surface area contributed by atoms with Gasteiger partial charge in [0.15, 0.2) is 11.6 Å². The van der Waals surface area contributed by atoms with Crippen LogP contribution in [0.15, 0.2) is 47.4 Å². The van der Waals surface area contributed by atoms with Crippen LogP contribution in [0.3, 0.4) is 0 Å². The first-order chi connectivity index (χ1) is 13.5. The van der Waals surface area contributed by atoms with Gasteiger partial charge in [-0.15, -0.1) is 0 Å². The highest BCUT2D eigenvalue weighted by molar-refractivity contribution is 5.95. The van der Waals surface area contributed by atoms with Crippen molar-refractivity contribution in [1.82, 2.24) is 9.88 Å². The van der Waals surface area contributed by atoms with Crippen molar-refractivity contribution in [2.24, 2.45) is 0 Å². The first kappa shape index (κ1) is 20.5. The number of aromatic nitrogens is 1. The summed E-state index contributed by atoms with van der Waals surface area (Å²) in [6.45, 7) is 1.59. The van der Waals surface area contributed by atoms with E-state index < -0.39 is 40.9 Å². The third kappa shape index (κ3) is 3.85. The molecule has 0 bridgehead atoms. The number of fused-ring (bicyclic) bond motifs is 1. The van der Waals surface area contributed by atoms with Crippen LogP contribution < -0.4 is 5.56 Å². The zero-order valence-electron chi connectivity index (χ0n) is 15.3. The van der Waals surface area contributed by atoms with Crippen LogP contribution in [0, 0.1) is 11.6 Å². The molecular weight excluding hydrogens is 395 g/mol. The summed E-state index contributed by atoms with van der Waals surface area (Å²) < 4.78 is 65.3. The number of alkyl halides is 3. The van der Waals surface area contributed by atoms with E-state index in [1.807, 2.05) is 0 Å². The lowest BCUT2D eigenvalue weighted by Crippen LogP contribution is -2.30. The summed E-state index contributed by atoms with van der Waals surface area (Å²) in [5.41, 5.74) is -1.12. The quantitative estimate of drug-likeness (QED) is 0.639. The molecule has 9 heteroatoms. The van der Waals surface area contributed by atoms with E-state index in [0.29, 0.717) is 5.56 Å². The second-order valence-corrected chi connectivity index (χ2v) is 6.55. The first-order valence-electron chi connectivity index (χ1n) is 8.45. The smallest absolute Gasteiger partial charge is 0.335 e. The van der Waals surface area contributed by atoms with Gasteiger partial charge in [-0.05, 0) is 54.3 Å². The summed E-state index contributed by atoms with van der Waals surface area (Å²) in [6, 6.07) is 4.69. The molecule has 0 aliphatic heterocycles. The maximum absolute atomic E-state index is 13.7. The minimum atomic E-state index is -4.52. The molecule has 1 heterocycles. The summed E-state index contributed by atoms with van der Waals surface area (Å²) >= 11 is 0. The maximum Gasteiger partial charge on any atom is 0.416 e. The maximum atomic E-state index is 13.7. The van der Waals surface area contributed by atoms with Gasteiger partial charge >= 0.3 is 6.18 Å². The van der Waals surface area contributed by atoms with Gasteiger partial charge in [-0.3, -0.25) is 9.59 Å². The number of hydrogen-bond donors (Lipinski definition) is 1. The average molecular weight is 410 g/mol. The van der Waals surface area contributed by atoms with Crippen molar-refractivity contribution in [1.29, 1.82) is 0 Å². The van der Waals surface area contributed by atoms with Crippen molar-refractivity contribution in [2.45, 2.75) is 19.1 Å². The Morgan fingerprint density at radius 1 is 1.03 bits per heavy atom. The number of carbonyl (C=O) groups excluding carboxylic acids is 1. The molecule has 0 radical (unpaired) electrons. The van der Waals surface area contributed by atoms with Crippen LogP contribution in [-0.2, 0) is 6.18 Å². The molecule has 0 saturated heterocycles. The number of halogens is 5. The van der Waals surface area contributed by atoms with E-state index in [0.717, 1.165) is 36.4 Å². The van der Waals surface area contributed by atoms with Crippen LogP contribution in [0.1, 0.15) is 34.5 Å². The summed E-state index contributed by atoms with van der Waals surface area (Å²) in [6.07, 6.45) is -3.22. The molecule has 4 nitrogen and oxygen atoms in total. The number of benzene rings is 2. The Balaban J connectivity index is 1.97. The predicted molar refractivity (Wildman–Crippen MR) is 96.4 cm³/mol. The van der Waals surface area contributed by atoms with E-state index in [4.69, 9.17) is 0 Å². The molecule has 0 aliphatic carbocycles. The Morgan fingerprint density at radius 2 is 1.59 bits per heavy atom. The lowest BCUT2D eigenvalue weighted by Gasteiger charge is -2.26. The minimum Gasteiger partial charge on any atom is -0.335 e. The number of hydrogen-bond acceptors (Lipinski definition) is 2. The van der Waals surface area contributed by atoms with Gasteiger partial charge in [0, 0.05) is 18.8 Å². The van der Waals surface area contributed by atoms with Gasteiger partial charge in [-0.25, -0.2) is 8.78 Å². The molecule has 1 atom stereocenters. The lowest BCUT2D eigenvalue weighted by atomic mass is 10.0. The minimum absolute atomic E-state index is 0.0262. The summed E-state index contributed by atoms with van der Waals surface area (Å²) in [4.78, 5) is 28.3. The second-order valence-electron chi connectivity index (χ2n) is 6.55. The average Bonchev–Trinajstić information content (AvgIpc) is 2.67. The van der Waals surface area contributed by atoms with E-state index >= 15 is 0 Å². The molecule has 1 amide bonds. The van der Waals surface area contributed by atoms with Gasteiger partial charge in [-0.1, -0.05) is 0 Å². The molecule has 1 unspecified atom stereocenters. The number of rotatable bonds is 3. The van der Waals surface area contributed by atoms with Gasteiger partial charge in [-0.2, -0.15) is 13.2 Å². The zero-order chi connectivity index (χ0) is 21.5. The molecule has 152 valence electrons. The number of pyridine rings is 1. The van der Waals surface area contributed by atoms with Crippen LogP contribution in [-0.4, -0.2) is 22.8 Å². The Kier molecular flexibility index (Phi) is 5.16. The predicted octanol–water partition coefficient (Wildman–Crippen LogP) is 4.66. The van der Waals surface area contributed by atoms with Gasteiger partial charge < -0.3 is 9.88 Å². The topological polar surface area (TPSA) is 53.2 Å². The number of carbonyl (C=O) groups is 1. The number of nitrogens with zero attached hydrogens (tertiary/aromatic N) is 1. The van der Waals surface area contributed by atoms with Crippen molar-refractivity contribution in [3.8, 4) is 0 Å². The number of amides is 1. The second kappa shape index (κ2) is 7.31. The van der Waals surface area contributed by atoms with Crippen LogP contribution in [0.4, 0.5) is 22.0 Å². The van der Waals surface area contributed by atoms with E-state index in [2.05, 4.69) is 4.98 Å². The van der Waals surface area contributed by atoms with Gasteiger partial charge in [0.25, 0.3) is 11.5 Å². The molecule has 29 heavy (non-hydrogen) atoms. The Hall–Kier alpha value is -3.23. The monoisotopic (exact) mass is 410 g/mol. The van der Waals surface area contributed by atoms with Crippen LogP contribution in [0.2, 0.25) is 0 Å². The van der Waals surface area contributed by atoms with Crippen molar-refractivity contribution < 1.29 is 26.7 Å². The Morgan fingerprint density at radius 3 is 2.14 bits per heavy atom. The van der Waals surface area contributed by atoms with Crippen molar-refractivity contribution in [2.75, 3.05) is 7.05 Å². The fourth-order valence-electron chi connectivity index (χ4n) is 3.01. The van der Waals surface area contributed by atoms with Crippen LogP contribution in [0.5, 0.6) is 0 Å². The van der Waals surface area contributed by atoms with Crippen LogP contribution >= 0.6 is 0 Å². The third-order valence-corrected chi connectivity index (χ3v) is 4.79. The number of nitrogens with one attached hydrogen (secondary N) is 1. The Bertz CT molecular complexity index is 1140. The van der Waals surface area contributed by atoms with Crippen molar-refractivity contribution >= 4 is 16.7 Å². The molecule has 0 fully saturated rings. The summed E-state index contributed by atoms with van der Waals surface area (Å²) in [7, 11) is 1.42. The zero-order valence-corrected chi connectivity index (χ0v) is 15.3. The highest BCUT2D eigenvalue weighted by atomic mass is 19.4. The first-order valence-corrected chi connectivity index (χ1v) is 8.45. The number of aromatic amines is 1. The fraction of sp³-hybridized carbons (Fsp3) is 0.200. The molecule has 0 saturated carbocycles. The van der Waals surface area contributed by atoms with E-state index in [1.54, 1.807) is 6.92 Å². The Labute approximate surface area is 161 Å². The van der Waals surface area contributed by atoms with Gasteiger partial charge in [0.2, 0.25) is 0 Å². The van der Waals surface area contributed by atoms with Crippen LogP contribution in [0.25, 0.3) is 10.8 Å². The molecule has 3 aromatic rings. The van der Waals surface area contributed by atoms with Gasteiger partial charge in [0.1, 0.15) is 0 Å². The molecule has 0 aliphatic rings. The highest BCUT2D eigenvalue weighted by Crippen LogP contribution is 2.30. The van der Waals surface area contributed by atoms with Gasteiger partial charge in [0.05, 0.1) is 17.0 Å². The summed E-state index contributed by atoms with van der Waals surface area (Å²) in [5.74, 6) is -2.90. The molecular formula is C20H15F5N2O2. The summed E-state index contributed by atoms with van der Waals surface area (Å²) in [5, 5.41) is 0.0517. The number of H-pyrrole nitrogens is 1. The molecule has 2 aromatic carbocycles. The normalized spacial score (nSPS) is 12.8. The molecule has 3 rings (SSSR count). The largest absolute Gasteiger partial charge is 0.416 e. The highest BCUT2D eigenvalue weighted by Gasteiger charge is 2.30. The SMILES string of the molecule is CC(c1c[nH]c(=O)c2cc(F)c(F)cc12)N(C)C(=O)c1ccc(C(F)(F)F)cc1. The molecule has 1 aromatic heterocycles. The van der Waals surface area contributed by atoms with Crippen molar-refractivity contribution in [3.63, 3.8) is 0 Å². The van der Waals surface area contributed by atoms with E-state index in [-0.39, 0.29) is 16.3 Å². The van der Waals surface area contributed by atoms with E-state index in [1.165, 1.54) is 18.1 Å². The standard InChI is InChI=1S/C20H15F5N2O2/c1-10(15-9-26-18(28)14-8-17(22)16(21)7-13(14)15)27(2)19(29)11-3-5-12(6-4-11)20(23,24)25/h3-10H,1-2H3,(H,26,28).